The van der Waals surface area contributed by atoms with E-state index >= 15 is 0 Å². The predicted octanol–water partition coefficient (Wildman–Crippen LogP) is 3.16. The first kappa shape index (κ1) is 17.7. The van der Waals surface area contributed by atoms with Crippen molar-refractivity contribution in [2.24, 2.45) is 5.92 Å². The Bertz CT molecular complexity index is 716. The van der Waals surface area contributed by atoms with E-state index in [0.29, 0.717) is 5.76 Å². The van der Waals surface area contributed by atoms with Crippen LogP contribution in [0, 0.1) is 5.92 Å². The van der Waals surface area contributed by atoms with Crippen LogP contribution in [0.3, 0.4) is 0 Å². The standard InChI is InChI=1S/C18H22N2O4/c1-11(17(22)23)15(12-8-6-5-7-9-12)19-16(21)13-10-14(24-20-13)18(2,3)4/h5-11,15H,1-4H3,(H,19,21)(H,22,23). The highest BCUT2D eigenvalue weighted by Gasteiger charge is 2.29. The van der Waals surface area contributed by atoms with E-state index in [1.165, 1.54) is 0 Å². The van der Waals surface area contributed by atoms with Gasteiger partial charge in [-0.2, -0.15) is 0 Å². The van der Waals surface area contributed by atoms with Crippen LogP contribution in [0.2, 0.25) is 0 Å². The average Bonchev–Trinajstić information content (AvgIpc) is 3.02. The van der Waals surface area contributed by atoms with Crippen molar-refractivity contribution in [2.45, 2.75) is 39.2 Å². The smallest absolute Gasteiger partial charge is 0.308 e. The van der Waals surface area contributed by atoms with Crippen LogP contribution in [-0.4, -0.2) is 22.1 Å². The maximum atomic E-state index is 12.5. The molecule has 2 atom stereocenters. The molecule has 0 saturated heterocycles. The Labute approximate surface area is 140 Å². The van der Waals surface area contributed by atoms with Gasteiger partial charge in [-0.25, -0.2) is 0 Å². The van der Waals surface area contributed by atoms with Gasteiger partial charge < -0.3 is 14.9 Å². The monoisotopic (exact) mass is 330 g/mol. The molecule has 1 heterocycles. The molecule has 0 aliphatic carbocycles. The fourth-order valence-electron chi connectivity index (χ4n) is 2.25. The lowest BCUT2D eigenvalue weighted by Crippen LogP contribution is -2.35. The van der Waals surface area contributed by atoms with Crippen LogP contribution in [0.25, 0.3) is 0 Å². The molecule has 2 unspecified atom stereocenters. The van der Waals surface area contributed by atoms with Crippen molar-refractivity contribution >= 4 is 11.9 Å². The minimum absolute atomic E-state index is 0.137. The van der Waals surface area contributed by atoms with Gasteiger partial charge in [0.2, 0.25) is 0 Å². The first-order chi connectivity index (χ1) is 11.2. The Balaban J connectivity index is 2.25. The van der Waals surface area contributed by atoms with Gasteiger partial charge in [-0.3, -0.25) is 9.59 Å². The maximum Gasteiger partial charge on any atom is 0.308 e. The van der Waals surface area contributed by atoms with E-state index in [-0.39, 0.29) is 11.1 Å². The molecule has 2 aromatic rings. The predicted molar refractivity (Wildman–Crippen MR) is 88.7 cm³/mol. The summed E-state index contributed by atoms with van der Waals surface area (Å²) in [5.74, 6) is -1.64. The van der Waals surface area contributed by atoms with Crippen molar-refractivity contribution in [2.75, 3.05) is 0 Å². The van der Waals surface area contributed by atoms with E-state index in [0.717, 1.165) is 5.56 Å². The topological polar surface area (TPSA) is 92.4 Å². The second kappa shape index (κ2) is 6.86. The molecule has 0 bridgehead atoms. The molecule has 6 nitrogen and oxygen atoms in total. The third-order valence-corrected chi connectivity index (χ3v) is 3.82. The van der Waals surface area contributed by atoms with E-state index in [9.17, 15) is 14.7 Å². The third kappa shape index (κ3) is 4.01. The number of benzene rings is 1. The van der Waals surface area contributed by atoms with Crippen molar-refractivity contribution in [1.82, 2.24) is 10.5 Å². The Morgan fingerprint density at radius 2 is 1.83 bits per heavy atom. The second-order valence-corrected chi connectivity index (χ2v) is 6.82. The number of carbonyl (C=O) groups is 2. The summed E-state index contributed by atoms with van der Waals surface area (Å²) in [5, 5.41) is 15.9. The molecule has 1 aromatic heterocycles. The fourth-order valence-corrected chi connectivity index (χ4v) is 2.25. The molecule has 1 aromatic carbocycles. The molecule has 0 spiro atoms. The zero-order valence-corrected chi connectivity index (χ0v) is 14.2. The van der Waals surface area contributed by atoms with Crippen LogP contribution in [0.4, 0.5) is 0 Å². The summed E-state index contributed by atoms with van der Waals surface area (Å²) in [6.07, 6.45) is 0. The van der Waals surface area contributed by atoms with Crippen molar-refractivity contribution in [3.05, 3.63) is 53.4 Å². The first-order valence-electron chi connectivity index (χ1n) is 7.76. The lowest BCUT2D eigenvalue weighted by atomic mass is 9.93. The number of hydrogen-bond acceptors (Lipinski definition) is 4. The van der Waals surface area contributed by atoms with Gasteiger partial charge in [-0.1, -0.05) is 56.3 Å². The summed E-state index contributed by atoms with van der Waals surface area (Å²) < 4.78 is 5.22. The van der Waals surface area contributed by atoms with Crippen LogP contribution < -0.4 is 5.32 Å². The molecule has 0 radical (unpaired) electrons. The summed E-state index contributed by atoms with van der Waals surface area (Å²) in [7, 11) is 0. The highest BCUT2D eigenvalue weighted by atomic mass is 16.5. The number of carboxylic acid groups (broad SMARTS) is 1. The number of nitrogens with zero attached hydrogens (tertiary/aromatic N) is 1. The van der Waals surface area contributed by atoms with Gasteiger partial charge >= 0.3 is 5.97 Å². The number of carboxylic acids is 1. The van der Waals surface area contributed by atoms with Gasteiger partial charge in [-0.05, 0) is 12.5 Å². The summed E-state index contributed by atoms with van der Waals surface area (Å²) in [6, 6.07) is 9.94. The quantitative estimate of drug-likeness (QED) is 0.878. The van der Waals surface area contributed by atoms with Crippen molar-refractivity contribution in [3.63, 3.8) is 0 Å². The number of amides is 1. The van der Waals surface area contributed by atoms with Crippen LogP contribution in [0.15, 0.2) is 40.9 Å². The van der Waals surface area contributed by atoms with E-state index in [1.54, 1.807) is 37.3 Å². The summed E-state index contributed by atoms with van der Waals surface area (Å²) in [6.45, 7) is 7.42. The minimum Gasteiger partial charge on any atom is -0.481 e. The van der Waals surface area contributed by atoms with Crippen LogP contribution in [-0.2, 0) is 10.2 Å². The minimum atomic E-state index is -0.986. The van der Waals surface area contributed by atoms with E-state index < -0.39 is 23.8 Å². The maximum absolute atomic E-state index is 12.5. The number of aromatic nitrogens is 1. The second-order valence-electron chi connectivity index (χ2n) is 6.82. The number of aliphatic carboxylic acids is 1. The van der Waals surface area contributed by atoms with Gasteiger partial charge in [0.1, 0.15) is 5.76 Å². The number of rotatable bonds is 5. The first-order valence-corrected chi connectivity index (χ1v) is 7.76. The fraction of sp³-hybridized carbons (Fsp3) is 0.389. The van der Waals surface area contributed by atoms with Gasteiger partial charge in [-0.15, -0.1) is 0 Å². The van der Waals surface area contributed by atoms with Gasteiger partial charge in [0.15, 0.2) is 5.69 Å². The van der Waals surface area contributed by atoms with Gasteiger partial charge in [0, 0.05) is 11.5 Å². The molecule has 6 heteroatoms. The van der Waals surface area contributed by atoms with Crippen LogP contribution in [0.5, 0.6) is 0 Å². The molecule has 2 rings (SSSR count). The molecule has 0 saturated carbocycles. The van der Waals surface area contributed by atoms with Crippen LogP contribution >= 0.6 is 0 Å². The number of nitrogens with one attached hydrogen (secondary N) is 1. The van der Waals surface area contributed by atoms with Crippen molar-refractivity contribution in [1.29, 1.82) is 0 Å². The third-order valence-electron chi connectivity index (χ3n) is 3.82. The van der Waals surface area contributed by atoms with Gasteiger partial charge in [0.05, 0.1) is 12.0 Å². The molecular formula is C18H22N2O4. The molecule has 24 heavy (non-hydrogen) atoms. The Kier molecular flexibility index (Phi) is 5.07. The van der Waals surface area contributed by atoms with E-state index in [2.05, 4.69) is 10.5 Å². The summed E-state index contributed by atoms with van der Waals surface area (Å²) in [5.41, 5.74) is 0.595. The number of carbonyl (C=O) groups excluding carboxylic acids is 1. The highest BCUT2D eigenvalue weighted by Crippen LogP contribution is 2.25. The van der Waals surface area contributed by atoms with Crippen molar-refractivity contribution < 1.29 is 19.2 Å². The Morgan fingerprint density at radius 3 is 2.33 bits per heavy atom. The molecular weight excluding hydrogens is 308 g/mol. The van der Waals surface area contributed by atoms with Crippen molar-refractivity contribution in [3.8, 4) is 0 Å². The van der Waals surface area contributed by atoms with E-state index in [4.69, 9.17) is 4.52 Å². The zero-order valence-electron chi connectivity index (χ0n) is 14.2. The Morgan fingerprint density at radius 1 is 1.21 bits per heavy atom. The molecule has 128 valence electrons. The van der Waals surface area contributed by atoms with Crippen LogP contribution in [0.1, 0.15) is 55.5 Å². The number of hydrogen-bond donors (Lipinski definition) is 2. The highest BCUT2D eigenvalue weighted by molar-refractivity contribution is 5.93. The SMILES string of the molecule is CC(C(=O)O)C(NC(=O)c1cc(C(C)(C)C)on1)c1ccccc1. The lowest BCUT2D eigenvalue weighted by Gasteiger charge is -2.22. The summed E-state index contributed by atoms with van der Waals surface area (Å²) >= 11 is 0. The average molecular weight is 330 g/mol. The molecule has 2 N–H and O–H groups in total. The molecule has 0 fully saturated rings. The largest absolute Gasteiger partial charge is 0.481 e. The van der Waals surface area contributed by atoms with Gasteiger partial charge in [0.25, 0.3) is 5.91 Å². The molecule has 0 aliphatic rings. The molecule has 0 aliphatic heterocycles. The molecule has 1 amide bonds. The summed E-state index contributed by atoms with van der Waals surface area (Å²) in [4.78, 5) is 23.9. The lowest BCUT2D eigenvalue weighted by molar-refractivity contribution is -0.142. The van der Waals surface area contributed by atoms with E-state index in [1.807, 2.05) is 26.8 Å². The zero-order chi connectivity index (χ0) is 17.9. The Hall–Kier alpha value is -2.63. The normalized spacial score (nSPS) is 14.0.